The van der Waals surface area contributed by atoms with Crippen molar-refractivity contribution in [2.45, 2.75) is 25.3 Å². The molecule has 0 spiro atoms. The number of amides is 1. The number of hydrogen-bond donors (Lipinski definition) is 1. The first-order valence-corrected chi connectivity index (χ1v) is 6.43. The Morgan fingerprint density at radius 1 is 1.44 bits per heavy atom. The maximum Gasteiger partial charge on any atom is 0.257 e. The van der Waals surface area contributed by atoms with Crippen molar-refractivity contribution in [1.82, 2.24) is 4.90 Å². The van der Waals surface area contributed by atoms with E-state index in [1.54, 1.807) is 25.3 Å². The third kappa shape index (κ3) is 1.72. The number of benzene rings is 1. The summed E-state index contributed by atoms with van der Waals surface area (Å²) >= 11 is 0. The number of carbonyl (C=O) groups is 1. The van der Waals surface area contributed by atoms with Crippen LogP contribution in [0.1, 0.15) is 29.6 Å². The van der Waals surface area contributed by atoms with Crippen LogP contribution in [0.15, 0.2) is 18.2 Å². The molecule has 0 aromatic heterocycles. The zero-order valence-corrected chi connectivity index (χ0v) is 10.6. The Balaban J connectivity index is 1.90. The Morgan fingerprint density at radius 3 is 2.89 bits per heavy atom. The van der Waals surface area contributed by atoms with Crippen LogP contribution in [0.4, 0.5) is 5.69 Å². The van der Waals surface area contributed by atoms with Crippen molar-refractivity contribution in [3.63, 3.8) is 0 Å². The van der Waals surface area contributed by atoms with Crippen LogP contribution >= 0.6 is 0 Å². The largest absolute Gasteiger partial charge is 0.496 e. The fourth-order valence-electron chi connectivity index (χ4n) is 3.22. The maximum absolute atomic E-state index is 12.6. The average molecular weight is 246 g/mol. The molecule has 2 N–H and O–H groups in total. The van der Waals surface area contributed by atoms with Crippen molar-refractivity contribution in [2.24, 2.45) is 5.92 Å². The monoisotopic (exact) mass is 246 g/mol. The Morgan fingerprint density at radius 2 is 2.28 bits per heavy atom. The highest BCUT2D eigenvalue weighted by Gasteiger charge is 2.40. The number of rotatable bonds is 2. The lowest BCUT2D eigenvalue weighted by molar-refractivity contribution is 0.0700. The van der Waals surface area contributed by atoms with Crippen LogP contribution in [0.5, 0.6) is 5.75 Å². The van der Waals surface area contributed by atoms with Gasteiger partial charge in [0.2, 0.25) is 0 Å². The van der Waals surface area contributed by atoms with Gasteiger partial charge in [-0.25, -0.2) is 0 Å². The molecule has 2 bridgehead atoms. The van der Waals surface area contributed by atoms with Gasteiger partial charge in [-0.05, 0) is 43.4 Å². The van der Waals surface area contributed by atoms with E-state index in [9.17, 15) is 4.79 Å². The highest BCUT2D eigenvalue weighted by Crippen LogP contribution is 2.39. The highest BCUT2D eigenvalue weighted by molar-refractivity contribution is 5.98. The molecule has 1 saturated heterocycles. The minimum atomic E-state index is 0.0614. The van der Waals surface area contributed by atoms with Gasteiger partial charge in [0.15, 0.2) is 0 Å². The molecule has 1 aromatic carbocycles. The molecule has 1 heterocycles. The molecule has 2 unspecified atom stereocenters. The summed E-state index contributed by atoms with van der Waals surface area (Å²) in [5, 5.41) is 0. The van der Waals surface area contributed by atoms with Gasteiger partial charge >= 0.3 is 0 Å². The summed E-state index contributed by atoms with van der Waals surface area (Å²) in [5.41, 5.74) is 6.96. The van der Waals surface area contributed by atoms with Gasteiger partial charge in [0.1, 0.15) is 5.75 Å². The van der Waals surface area contributed by atoms with E-state index in [4.69, 9.17) is 10.5 Å². The van der Waals surface area contributed by atoms with E-state index in [1.165, 1.54) is 6.42 Å². The fraction of sp³-hybridized carbons (Fsp3) is 0.500. The minimum absolute atomic E-state index is 0.0614. The second-order valence-corrected chi connectivity index (χ2v) is 5.25. The lowest BCUT2D eigenvalue weighted by atomic mass is 10.1. The third-order valence-corrected chi connectivity index (χ3v) is 4.12. The van der Waals surface area contributed by atoms with E-state index < -0.39 is 0 Å². The Hall–Kier alpha value is -1.71. The molecule has 2 fully saturated rings. The molecular formula is C14H18N2O2. The van der Waals surface area contributed by atoms with Crippen molar-refractivity contribution in [1.29, 1.82) is 0 Å². The standard InChI is InChI=1S/C14H18N2O2/c1-18-13-5-3-10(15)7-12(13)14(17)16-8-9-2-4-11(16)6-9/h3,5,7,9,11H,2,4,6,8,15H2,1H3. The SMILES string of the molecule is COc1ccc(N)cc1C(=O)N1CC2CCC1C2. The number of nitrogens with zero attached hydrogens (tertiary/aromatic N) is 1. The van der Waals surface area contributed by atoms with Gasteiger partial charge in [-0.2, -0.15) is 0 Å². The van der Waals surface area contributed by atoms with E-state index >= 15 is 0 Å². The summed E-state index contributed by atoms with van der Waals surface area (Å²) in [5.74, 6) is 1.37. The molecule has 18 heavy (non-hydrogen) atoms. The molecule has 3 rings (SSSR count). The predicted octanol–water partition coefficient (Wildman–Crippen LogP) is 1.90. The van der Waals surface area contributed by atoms with Crippen LogP contribution in [0.3, 0.4) is 0 Å². The molecule has 0 radical (unpaired) electrons. The molecule has 1 amide bonds. The number of hydrogen-bond acceptors (Lipinski definition) is 3. The van der Waals surface area contributed by atoms with Crippen molar-refractivity contribution in [3.8, 4) is 5.75 Å². The van der Waals surface area contributed by atoms with Crippen LogP contribution in [0, 0.1) is 5.92 Å². The van der Waals surface area contributed by atoms with Crippen LogP contribution < -0.4 is 10.5 Å². The van der Waals surface area contributed by atoms with Crippen LogP contribution in [-0.4, -0.2) is 30.5 Å². The normalized spacial score (nSPS) is 25.5. The van der Waals surface area contributed by atoms with Gasteiger partial charge in [-0.15, -0.1) is 0 Å². The number of nitrogens with two attached hydrogens (primary N) is 1. The molecule has 2 aliphatic rings. The van der Waals surface area contributed by atoms with Crippen LogP contribution in [0.2, 0.25) is 0 Å². The van der Waals surface area contributed by atoms with E-state index in [-0.39, 0.29) is 5.91 Å². The Kier molecular flexibility index (Phi) is 2.65. The Bertz CT molecular complexity index is 487. The quantitative estimate of drug-likeness (QED) is 0.811. The van der Waals surface area contributed by atoms with E-state index in [1.807, 2.05) is 4.90 Å². The predicted molar refractivity (Wildman–Crippen MR) is 69.6 cm³/mol. The van der Waals surface area contributed by atoms with E-state index in [2.05, 4.69) is 0 Å². The molecule has 2 atom stereocenters. The number of likely N-dealkylation sites (tertiary alicyclic amines) is 1. The number of ether oxygens (including phenoxy) is 1. The van der Waals surface area contributed by atoms with Crippen molar-refractivity contribution in [3.05, 3.63) is 23.8 Å². The number of methoxy groups -OCH3 is 1. The summed E-state index contributed by atoms with van der Waals surface area (Å²) in [7, 11) is 1.58. The van der Waals surface area contributed by atoms with Gasteiger partial charge < -0.3 is 15.4 Å². The molecule has 1 saturated carbocycles. The summed E-state index contributed by atoms with van der Waals surface area (Å²) < 4.78 is 5.26. The van der Waals surface area contributed by atoms with E-state index in [0.29, 0.717) is 29.0 Å². The molecule has 96 valence electrons. The third-order valence-electron chi connectivity index (χ3n) is 4.12. The molecule has 1 aliphatic carbocycles. The summed E-state index contributed by atoms with van der Waals surface area (Å²) in [6.07, 6.45) is 3.57. The molecule has 1 aliphatic heterocycles. The number of piperidine rings is 1. The topological polar surface area (TPSA) is 55.6 Å². The minimum Gasteiger partial charge on any atom is -0.496 e. The first-order valence-electron chi connectivity index (χ1n) is 6.43. The molecule has 4 heteroatoms. The zero-order chi connectivity index (χ0) is 12.7. The van der Waals surface area contributed by atoms with Crippen LogP contribution in [-0.2, 0) is 0 Å². The molecule has 1 aromatic rings. The van der Waals surface area contributed by atoms with Crippen molar-refractivity contribution in [2.75, 3.05) is 19.4 Å². The summed E-state index contributed by atoms with van der Waals surface area (Å²) in [4.78, 5) is 14.6. The first-order chi connectivity index (χ1) is 8.69. The van der Waals surface area contributed by atoms with Gasteiger partial charge in [0.25, 0.3) is 5.91 Å². The maximum atomic E-state index is 12.6. The number of carbonyl (C=O) groups excluding carboxylic acids is 1. The Labute approximate surface area is 107 Å². The molecular weight excluding hydrogens is 228 g/mol. The highest BCUT2D eigenvalue weighted by atomic mass is 16.5. The first kappa shape index (κ1) is 11.4. The summed E-state index contributed by atoms with van der Waals surface area (Å²) in [6, 6.07) is 5.66. The lowest BCUT2D eigenvalue weighted by Crippen LogP contribution is -2.37. The fourth-order valence-corrected chi connectivity index (χ4v) is 3.22. The van der Waals surface area contributed by atoms with Crippen molar-refractivity contribution >= 4 is 11.6 Å². The van der Waals surface area contributed by atoms with Gasteiger partial charge in [0.05, 0.1) is 12.7 Å². The van der Waals surface area contributed by atoms with Gasteiger partial charge in [0, 0.05) is 18.3 Å². The number of anilines is 1. The van der Waals surface area contributed by atoms with E-state index in [0.717, 1.165) is 19.4 Å². The average Bonchev–Trinajstić information content (AvgIpc) is 3.00. The number of fused-ring (bicyclic) bond motifs is 2. The van der Waals surface area contributed by atoms with Crippen molar-refractivity contribution < 1.29 is 9.53 Å². The van der Waals surface area contributed by atoms with Crippen LogP contribution in [0.25, 0.3) is 0 Å². The van der Waals surface area contributed by atoms with Gasteiger partial charge in [-0.1, -0.05) is 0 Å². The lowest BCUT2D eigenvalue weighted by Gasteiger charge is -2.27. The second-order valence-electron chi connectivity index (χ2n) is 5.25. The smallest absolute Gasteiger partial charge is 0.257 e. The zero-order valence-electron chi connectivity index (χ0n) is 10.6. The molecule has 4 nitrogen and oxygen atoms in total. The number of nitrogen functional groups attached to an aromatic ring is 1. The second kappa shape index (κ2) is 4.19. The summed E-state index contributed by atoms with van der Waals surface area (Å²) in [6.45, 7) is 0.890. The van der Waals surface area contributed by atoms with Gasteiger partial charge in [-0.3, -0.25) is 4.79 Å².